The lowest BCUT2D eigenvalue weighted by molar-refractivity contribution is 0.605. The van der Waals surface area contributed by atoms with Crippen molar-refractivity contribution in [3.8, 4) is 6.07 Å². The number of hydrogen-bond acceptors (Lipinski definition) is 3. The number of alkyl halides is 1. The molecule has 0 fully saturated rings. The Morgan fingerprint density at radius 3 is 2.69 bits per heavy atom. The van der Waals surface area contributed by atoms with E-state index in [1.54, 1.807) is 0 Å². The smallest absolute Gasteiger partial charge is 0.176 e. The van der Waals surface area contributed by atoms with Gasteiger partial charge in [0.05, 0.1) is 10.2 Å². The number of unbranched alkanes of at least 4 members (excludes halogenated alkanes) is 1. The van der Waals surface area contributed by atoms with Crippen LogP contribution < -0.4 is 6.15 Å². The molecule has 6 heteroatoms. The summed E-state index contributed by atoms with van der Waals surface area (Å²) in [5.41, 5.74) is 1.57. The minimum atomic E-state index is 0. The summed E-state index contributed by atoms with van der Waals surface area (Å²) >= 11 is 9.04. The lowest BCUT2D eigenvalue weighted by atomic mass is 10.2. The first-order chi connectivity index (χ1) is 7.24. The molecule has 16 heavy (non-hydrogen) atoms. The Balaban J connectivity index is 0.00000225. The predicted octanol–water partition coefficient (Wildman–Crippen LogP) is 3.26. The predicted molar refractivity (Wildman–Crippen MR) is 69.0 cm³/mol. The minimum Gasteiger partial charge on any atom is -0.344 e. The van der Waals surface area contributed by atoms with Gasteiger partial charge in [0.1, 0.15) is 6.07 Å². The van der Waals surface area contributed by atoms with E-state index in [9.17, 15) is 0 Å². The van der Waals surface area contributed by atoms with E-state index in [-0.39, 0.29) is 6.15 Å². The van der Waals surface area contributed by atoms with Gasteiger partial charge in [-0.25, -0.2) is 0 Å². The van der Waals surface area contributed by atoms with Crippen LogP contribution in [-0.4, -0.2) is 15.7 Å². The van der Waals surface area contributed by atoms with Gasteiger partial charge in [0.2, 0.25) is 0 Å². The molecule has 0 aliphatic heterocycles. The van der Waals surface area contributed by atoms with Gasteiger partial charge < -0.3 is 6.15 Å². The van der Waals surface area contributed by atoms with Crippen LogP contribution in [0.2, 0.25) is 0 Å². The molecule has 0 amide bonds. The lowest BCUT2D eigenvalue weighted by Gasteiger charge is -2.04. The molecule has 3 N–H and O–H groups in total. The number of halogens is 2. The highest BCUT2D eigenvalue weighted by Gasteiger charge is 2.13. The van der Waals surface area contributed by atoms with E-state index >= 15 is 0 Å². The minimum absolute atomic E-state index is 0. The molecule has 90 valence electrons. The summed E-state index contributed by atoms with van der Waals surface area (Å²) in [5, 5.41) is 13.0. The van der Waals surface area contributed by atoms with E-state index in [0.717, 1.165) is 36.0 Å². The zero-order chi connectivity index (χ0) is 11.3. The Bertz CT molecular complexity index is 370. The molecule has 0 aliphatic carbocycles. The fourth-order valence-corrected chi connectivity index (χ4v) is 2.19. The van der Waals surface area contributed by atoms with Crippen molar-refractivity contribution in [3.63, 3.8) is 0 Å². The van der Waals surface area contributed by atoms with Gasteiger partial charge in [0.15, 0.2) is 5.69 Å². The highest BCUT2D eigenvalue weighted by Crippen LogP contribution is 2.22. The molecule has 0 bridgehead atoms. The average Bonchev–Trinajstić information content (AvgIpc) is 2.56. The van der Waals surface area contributed by atoms with Crippen LogP contribution >= 0.6 is 27.5 Å². The van der Waals surface area contributed by atoms with E-state index in [2.05, 4.69) is 27.1 Å². The standard InChI is InChI=1S/C10H13BrClN3.H3N/c1-2-15-9(5-3-4-6-12)10(11)8(7-13)14-15;/h2-6H2,1H3;1H3. The molecule has 0 aromatic carbocycles. The van der Waals surface area contributed by atoms with Crippen LogP contribution in [0.4, 0.5) is 0 Å². The normalized spacial score (nSPS) is 9.62. The summed E-state index contributed by atoms with van der Waals surface area (Å²) < 4.78 is 2.71. The molecule has 0 saturated carbocycles. The van der Waals surface area contributed by atoms with Crippen LogP contribution in [0.25, 0.3) is 0 Å². The maximum absolute atomic E-state index is 8.85. The second-order valence-corrected chi connectivity index (χ2v) is 4.35. The van der Waals surface area contributed by atoms with Gasteiger partial charge >= 0.3 is 0 Å². The molecule has 0 aliphatic rings. The van der Waals surface area contributed by atoms with Gasteiger partial charge in [0.25, 0.3) is 0 Å². The van der Waals surface area contributed by atoms with Crippen LogP contribution in [0.15, 0.2) is 4.47 Å². The SMILES string of the molecule is CCn1nc(C#N)c(Br)c1CCCCCl.N. The zero-order valence-electron chi connectivity index (χ0n) is 9.34. The Morgan fingerprint density at radius 1 is 1.50 bits per heavy atom. The number of nitriles is 1. The first-order valence-electron chi connectivity index (χ1n) is 4.95. The van der Waals surface area contributed by atoms with Crippen molar-refractivity contribution in [2.45, 2.75) is 32.7 Å². The Kier molecular flexibility index (Phi) is 7.39. The molecule has 1 heterocycles. The summed E-state index contributed by atoms with van der Waals surface area (Å²) in [6.07, 6.45) is 2.93. The molecule has 0 atom stereocenters. The fourth-order valence-electron chi connectivity index (χ4n) is 1.43. The Hall–Kier alpha value is -0.570. The van der Waals surface area contributed by atoms with Crippen LogP contribution in [0.3, 0.4) is 0 Å². The van der Waals surface area contributed by atoms with Gasteiger partial charge in [-0.1, -0.05) is 0 Å². The average molecular weight is 308 g/mol. The van der Waals surface area contributed by atoms with Gasteiger partial charge in [-0.15, -0.1) is 11.6 Å². The molecule has 0 radical (unpaired) electrons. The zero-order valence-corrected chi connectivity index (χ0v) is 11.7. The van der Waals surface area contributed by atoms with Crippen molar-refractivity contribution in [2.24, 2.45) is 0 Å². The molecule has 0 spiro atoms. The quantitative estimate of drug-likeness (QED) is 0.670. The summed E-state index contributed by atoms with van der Waals surface area (Å²) in [6.45, 7) is 2.81. The highest BCUT2D eigenvalue weighted by atomic mass is 79.9. The Morgan fingerprint density at radius 2 is 2.19 bits per heavy atom. The van der Waals surface area contributed by atoms with E-state index in [4.69, 9.17) is 16.9 Å². The number of aromatic nitrogens is 2. The molecular weight excluding hydrogens is 291 g/mol. The van der Waals surface area contributed by atoms with E-state index < -0.39 is 0 Å². The van der Waals surface area contributed by atoms with Gasteiger partial charge in [-0.05, 0) is 42.1 Å². The number of rotatable bonds is 5. The largest absolute Gasteiger partial charge is 0.344 e. The van der Waals surface area contributed by atoms with Crippen molar-refractivity contribution >= 4 is 27.5 Å². The molecule has 0 unspecified atom stereocenters. The highest BCUT2D eigenvalue weighted by molar-refractivity contribution is 9.10. The van der Waals surface area contributed by atoms with Gasteiger partial charge in [0, 0.05) is 12.4 Å². The van der Waals surface area contributed by atoms with E-state index in [1.165, 1.54) is 0 Å². The second-order valence-electron chi connectivity index (χ2n) is 3.18. The van der Waals surface area contributed by atoms with Crippen molar-refractivity contribution < 1.29 is 0 Å². The first kappa shape index (κ1) is 15.4. The monoisotopic (exact) mass is 306 g/mol. The van der Waals surface area contributed by atoms with Crippen LogP contribution in [-0.2, 0) is 13.0 Å². The summed E-state index contributed by atoms with van der Waals surface area (Å²) in [7, 11) is 0. The summed E-state index contributed by atoms with van der Waals surface area (Å²) in [4.78, 5) is 0. The second kappa shape index (κ2) is 7.66. The lowest BCUT2D eigenvalue weighted by Crippen LogP contribution is -2.03. The Labute approximate surface area is 109 Å². The number of aryl methyl sites for hydroxylation is 1. The third kappa shape index (κ3) is 3.48. The molecule has 1 aromatic rings. The van der Waals surface area contributed by atoms with Crippen molar-refractivity contribution in [1.82, 2.24) is 15.9 Å². The molecular formula is C10H16BrClN4. The number of hydrogen-bond donors (Lipinski definition) is 1. The van der Waals surface area contributed by atoms with E-state index in [0.29, 0.717) is 11.6 Å². The fraction of sp³-hybridized carbons (Fsp3) is 0.600. The van der Waals surface area contributed by atoms with E-state index in [1.807, 2.05) is 11.6 Å². The van der Waals surface area contributed by atoms with Crippen LogP contribution in [0, 0.1) is 11.3 Å². The van der Waals surface area contributed by atoms with Crippen LogP contribution in [0.1, 0.15) is 31.2 Å². The van der Waals surface area contributed by atoms with Gasteiger partial charge in [-0.2, -0.15) is 10.4 Å². The van der Waals surface area contributed by atoms with Gasteiger partial charge in [-0.3, -0.25) is 4.68 Å². The van der Waals surface area contributed by atoms with Crippen LogP contribution in [0.5, 0.6) is 0 Å². The molecule has 1 rings (SSSR count). The molecule has 1 aromatic heterocycles. The van der Waals surface area contributed by atoms with Crippen molar-refractivity contribution in [2.75, 3.05) is 5.88 Å². The first-order valence-corrected chi connectivity index (χ1v) is 6.28. The molecule has 0 saturated heterocycles. The third-order valence-electron chi connectivity index (χ3n) is 2.20. The summed E-state index contributed by atoms with van der Waals surface area (Å²) in [6, 6.07) is 2.08. The maximum Gasteiger partial charge on any atom is 0.176 e. The maximum atomic E-state index is 8.85. The topological polar surface area (TPSA) is 76.6 Å². The van der Waals surface area contributed by atoms with Crippen molar-refractivity contribution in [1.29, 1.82) is 5.26 Å². The summed E-state index contributed by atoms with van der Waals surface area (Å²) in [5.74, 6) is 0.684. The number of nitrogens with zero attached hydrogens (tertiary/aromatic N) is 3. The third-order valence-corrected chi connectivity index (χ3v) is 3.30. The molecule has 4 nitrogen and oxygen atoms in total. The van der Waals surface area contributed by atoms with Crippen molar-refractivity contribution in [3.05, 3.63) is 15.9 Å².